The van der Waals surface area contributed by atoms with Crippen molar-refractivity contribution in [1.29, 1.82) is 0 Å². The van der Waals surface area contributed by atoms with Gasteiger partial charge in [0.15, 0.2) is 5.96 Å². The van der Waals surface area contributed by atoms with E-state index in [1.165, 1.54) is 16.7 Å². The van der Waals surface area contributed by atoms with Gasteiger partial charge in [0.1, 0.15) is 0 Å². The van der Waals surface area contributed by atoms with E-state index in [4.69, 9.17) is 9.73 Å². The number of thiophene rings is 1. The van der Waals surface area contributed by atoms with Gasteiger partial charge >= 0.3 is 0 Å². The topological polar surface area (TPSA) is 48.9 Å². The van der Waals surface area contributed by atoms with E-state index < -0.39 is 0 Å². The van der Waals surface area contributed by atoms with Crippen LogP contribution in [0.5, 0.6) is 0 Å². The molecule has 1 fully saturated rings. The summed E-state index contributed by atoms with van der Waals surface area (Å²) in [6, 6.07) is 11.3. The molecule has 2 heterocycles. The van der Waals surface area contributed by atoms with Gasteiger partial charge in [0.25, 0.3) is 0 Å². The molecule has 28 heavy (non-hydrogen) atoms. The van der Waals surface area contributed by atoms with Crippen molar-refractivity contribution < 1.29 is 4.74 Å². The number of rotatable bonds is 7. The number of aryl methyl sites for hydroxylation is 1. The summed E-state index contributed by atoms with van der Waals surface area (Å²) in [5, 5.41) is 11.2. The highest BCUT2D eigenvalue weighted by molar-refractivity contribution is 14.0. The number of nitrogens with one attached hydrogen (secondary N) is 2. The summed E-state index contributed by atoms with van der Waals surface area (Å²) in [6.45, 7) is 10.1. The number of aliphatic imine (C=N–C) groups is 1. The second kappa shape index (κ2) is 12.4. The second-order valence-electron chi connectivity index (χ2n) is 6.78. The molecule has 1 aliphatic heterocycles. The Hall–Kier alpha value is -1.16. The zero-order chi connectivity index (χ0) is 18.9. The molecule has 0 spiro atoms. The summed E-state index contributed by atoms with van der Waals surface area (Å²) in [6.07, 6.45) is 0. The van der Waals surface area contributed by atoms with Crippen molar-refractivity contribution >= 4 is 41.3 Å². The highest BCUT2D eigenvalue weighted by atomic mass is 127. The van der Waals surface area contributed by atoms with Gasteiger partial charge < -0.3 is 15.4 Å². The van der Waals surface area contributed by atoms with Crippen molar-refractivity contribution in [2.24, 2.45) is 4.99 Å². The summed E-state index contributed by atoms with van der Waals surface area (Å²) in [5.41, 5.74) is 3.88. The van der Waals surface area contributed by atoms with Crippen LogP contribution in [0.15, 0.2) is 46.1 Å². The molecule has 2 N–H and O–H groups in total. The number of guanidine groups is 1. The molecule has 1 saturated heterocycles. The Bertz CT molecular complexity index is 700. The maximum absolute atomic E-state index is 5.55. The van der Waals surface area contributed by atoms with Crippen LogP contribution in [0.1, 0.15) is 29.7 Å². The molecule has 5 nitrogen and oxygen atoms in total. The van der Waals surface area contributed by atoms with Gasteiger partial charge in [0.05, 0.1) is 25.8 Å². The van der Waals surface area contributed by atoms with E-state index in [0.29, 0.717) is 12.6 Å². The standard InChI is InChI=1S/C21H30N4OS.HI/c1-3-22-21(23-14-18-8-13-27-16-18)24-15-20(25-9-11-26-12-10-25)19-6-4-17(2)5-7-19;/h4-8,13,16,20H,3,9-12,14-15H2,1-2H3,(H2,22,23,24);1H. The Morgan fingerprint density at radius 2 is 1.93 bits per heavy atom. The molecule has 0 aliphatic carbocycles. The Morgan fingerprint density at radius 1 is 1.18 bits per heavy atom. The van der Waals surface area contributed by atoms with E-state index in [2.05, 4.69) is 70.5 Å². The summed E-state index contributed by atoms with van der Waals surface area (Å²) in [4.78, 5) is 7.24. The molecule has 0 radical (unpaired) electrons. The van der Waals surface area contributed by atoms with Gasteiger partial charge in [-0.3, -0.25) is 4.90 Å². The third-order valence-corrected chi connectivity index (χ3v) is 5.49. The lowest BCUT2D eigenvalue weighted by atomic mass is 10.0. The largest absolute Gasteiger partial charge is 0.379 e. The minimum absolute atomic E-state index is 0. The van der Waals surface area contributed by atoms with Crippen LogP contribution >= 0.6 is 35.3 Å². The van der Waals surface area contributed by atoms with Crippen molar-refractivity contribution in [2.45, 2.75) is 26.4 Å². The molecule has 2 aromatic rings. The van der Waals surface area contributed by atoms with Gasteiger partial charge in [-0.05, 0) is 41.8 Å². The first kappa shape index (κ1) is 23.1. The second-order valence-corrected chi connectivity index (χ2v) is 7.56. The molecule has 1 unspecified atom stereocenters. The summed E-state index contributed by atoms with van der Waals surface area (Å²) >= 11 is 1.71. The number of ether oxygens (including phenoxy) is 1. The van der Waals surface area contributed by atoms with Crippen LogP contribution < -0.4 is 10.6 Å². The minimum atomic E-state index is 0. The molecule has 1 aliphatic rings. The van der Waals surface area contributed by atoms with Gasteiger partial charge in [0, 0.05) is 26.2 Å². The number of halogens is 1. The zero-order valence-electron chi connectivity index (χ0n) is 16.7. The molecule has 7 heteroatoms. The van der Waals surface area contributed by atoms with Crippen molar-refractivity contribution in [3.8, 4) is 0 Å². The van der Waals surface area contributed by atoms with Crippen molar-refractivity contribution in [3.63, 3.8) is 0 Å². The third-order valence-electron chi connectivity index (χ3n) is 4.76. The van der Waals surface area contributed by atoms with Gasteiger partial charge in [-0.1, -0.05) is 29.8 Å². The quantitative estimate of drug-likeness (QED) is 0.335. The molecule has 1 aromatic carbocycles. The van der Waals surface area contributed by atoms with E-state index in [1.54, 1.807) is 11.3 Å². The van der Waals surface area contributed by atoms with Crippen LogP contribution in [-0.2, 0) is 11.3 Å². The SMILES string of the molecule is CCNC(=NCc1ccsc1)NCC(c1ccc(C)cc1)N1CCOCC1.I. The number of nitrogens with zero attached hydrogens (tertiary/aromatic N) is 2. The first-order chi connectivity index (χ1) is 13.3. The van der Waals surface area contributed by atoms with Crippen LogP contribution in [0.2, 0.25) is 0 Å². The normalized spacial score (nSPS) is 16.3. The van der Waals surface area contributed by atoms with Crippen LogP contribution in [-0.4, -0.2) is 50.3 Å². The van der Waals surface area contributed by atoms with E-state index in [0.717, 1.165) is 45.4 Å². The van der Waals surface area contributed by atoms with Gasteiger partial charge in [-0.25, -0.2) is 4.99 Å². The maximum atomic E-state index is 5.55. The van der Waals surface area contributed by atoms with Crippen LogP contribution in [0.3, 0.4) is 0 Å². The minimum Gasteiger partial charge on any atom is -0.379 e. The zero-order valence-corrected chi connectivity index (χ0v) is 19.8. The van der Waals surface area contributed by atoms with Gasteiger partial charge in [-0.2, -0.15) is 11.3 Å². The fourth-order valence-corrected chi connectivity index (χ4v) is 3.88. The fraction of sp³-hybridized carbons (Fsp3) is 0.476. The first-order valence-electron chi connectivity index (χ1n) is 9.68. The number of hydrogen-bond acceptors (Lipinski definition) is 4. The first-order valence-corrected chi connectivity index (χ1v) is 10.6. The maximum Gasteiger partial charge on any atom is 0.191 e. The lowest BCUT2D eigenvalue weighted by molar-refractivity contribution is 0.0170. The molecule has 1 atom stereocenters. The number of hydrogen-bond donors (Lipinski definition) is 2. The fourth-order valence-electron chi connectivity index (χ4n) is 3.22. The summed E-state index contributed by atoms with van der Waals surface area (Å²) < 4.78 is 5.55. The molecule has 3 rings (SSSR count). The van der Waals surface area contributed by atoms with Gasteiger partial charge in [0.2, 0.25) is 0 Å². The smallest absolute Gasteiger partial charge is 0.191 e. The molecule has 0 saturated carbocycles. The lowest BCUT2D eigenvalue weighted by Crippen LogP contribution is -2.46. The average Bonchev–Trinajstić information content (AvgIpc) is 3.22. The number of morpholine rings is 1. The van der Waals surface area contributed by atoms with Crippen molar-refractivity contribution in [3.05, 3.63) is 57.8 Å². The van der Waals surface area contributed by atoms with Crippen LogP contribution in [0, 0.1) is 6.92 Å². The van der Waals surface area contributed by atoms with Crippen LogP contribution in [0.4, 0.5) is 0 Å². The molecular formula is C21H31IN4OS. The Kier molecular flexibility index (Phi) is 10.3. The third kappa shape index (κ3) is 7.02. The van der Waals surface area contributed by atoms with E-state index in [1.807, 2.05) is 0 Å². The Morgan fingerprint density at radius 3 is 2.57 bits per heavy atom. The predicted molar refractivity (Wildman–Crippen MR) is 129 cm³/mol. The van der Waals surface area contributed by atoms with Gasteiger partial charge in [-0.15, -0.1) is 24.0 Å². The molecular weight excluding hydrogens is 483 g/mol. The van der Waals surface area contributed by atoms with E-state index in [-0.39, 0.29) is 24.0 Å². The number of benzene rings is 1. The molecule has 1 aromatic heterocycles. The van der Waals surface area contributed by atoms with Crippen molar-refractivity contribution in [1.82, 2.24) is 15.5 Å². The average molecular weight is 514 g/mol. The molecule has 154 valence electrons. The molecule has 0 amide bonds. The highest BCUT2D eigenvalue weighted by Crippen LogP contribution is 2.21. The Balaban J connectivity index is 0.00000280. The van der Waals surface area contributed by atoms with Crippen LogP contribution in [0.25, 0.3) is 0 Å². The molecule has 0 bridgehead atoms. The lowest BCUT2D eigenvalue weighted by Gasteiger charge is -2.35. The van der Waals surface area contributed by atoms with Crippen molar-refractivity contribution in [2.75, 3.05) is 39.4 Å². The predicted octanol–water partition coefficient (Wildman–Crippen LogP) is 3.80. The summed E-state index contributed by atoms with van der Waals surface area (Å²) in [5.74, 6) is 0.870. The monoisotopic (exact) mass is 514 g/mol. The highest BCUT2D eigenvalue weighted by Gasteiger charge is 2.22. The Labute approximate surface area is 189 Å². The summed E-state index contributed by atoms with van der Waals surface area (Å²) in [7, 11) is 0. The van der Waals surface area contributed by atoms with E-state index >= 15 is 0 Å². The van der Waals surface area contributed by atoms with E-state index in [9.17, 15) is 0 Å².